The zero-order chi connectivity index (χ0) is 16.2. The number of aryl methyl sites for hydroxylation is 2. The SMILES string of the molecule is Cc1csc([C@H]2CCCCN2C(=O)COCc2nc(C)no2)n1. The van der Waals surface area contributed by atoms with Crippen molar-refractivity contribution < 1.29 is 14.1 Å². The summed E-state index contributed by atoms with van der Waals surface area (Å²) in [5.41, 5.74) is 1.01. The van der Waals surface area contributed by atoms with E-state index in [4.69, 9.17) is 9.26 Å². The topological polar surface area (TPSA) is 81.4 Å². The molecule has 3 heterocycles. The van der Waals surface area contributed by atoms with E-state index in [0.717, 1.165) is 36.5 Å². The fourth-order valence-corrected chi connectivity index (χ4v) is 3.66. The van der Waals surface area contributed by atoms with Gasteiger partial charge in [0.1, 0.15) is 18.2 Å². The van der Waals surface area contributed by atoms with Crippen LogP contribution in [0, 0.1) is 13.8 Å². The van der Waals surface area contributed by atoms with Gasteiger partial charge in [-0.2, -0.15) is 4.98 Å². The molecule has 7 nitrogen and oxygen atoms in total. The van der Waals surface area contributed by atoms with Gasteiger partial charge in [-0.1, -0.05) is 5.16 Å². The van der Waals surface area contributed by atoms with Crippen LogP contribution in [0.15, 0.2) is 9.90 Å². The van der Waals surface area contributed by atoms with E-state index in [1.807, 2.05) is 17.2 Å². The lowest BCUT2D eigenvalue weighted by Gasteiger charge is -2.34. The van der Waals surface area contributed by atoms with Crippen LogP contribution in [0.1, 0.15) is 47.7 Å². The number of rotatable bonds is 5. The lowest BCUT2D eigenvalue weighted by Crippen LogP contribution is -2.40. The van der Waals surface area contributed by atoms with E-state index in [1.54, 1.807) is 18.3 Å². The van der Waals surface area contributed by atoms with Gasteiger partial charge in [0.25, 0.3) is 5.89 Å². The fourth-order valence-electron chi connectivity index (χ4n) is 2.72. The minimum Gasteiger partial charge on any atom is -0.362 e. The number of carbonyl (C=O) groups excluding carboxylic acids is 1. The Morgan fingerprint density at radius 1 is 1.43 bits per heavy atom. The minimum absolute atomic E-state index is 0.0150. The number of thiazole rings is 1. The molecule has 1 aliphatic heterocycles. The first-order valence-electron chi connectivity index (χ1n) is 7.72. The molecule has 3 rings (SSSR count). The Balaban J connectivity index is 1.57. The van der Waals surface area contributed by atoms with Crippen LogP contribution in [-0.4, -0.2) is 39.1 Å². The quantitative estimate of drug-likeness (QED) is 0.834. The van der Waals surface area contributed by atoms with Crippen molar-refractivity contribution in [3.8, 4) is 0 Å². The first-order chi connectivity index (χ1) is 11.1. The summed E-state index contributed by atoms with van der Waals surface area (Å²) in [6.07, 6.45) is 3.10. The number of hydrogen-bond donors (Lipinski definition) is 0. The standard InChI is InChI=1S/C15H20N4O3S/c1-10-9-23-15(16-10)12-5-3-4-6-19(12)14(20)8-21-7-13-17-11(2)18-22-13/h9,12H,3-8H2,1-2H3/t12-/m1/s1. The Morgan fingerprint density at radius 3 is 3.00 bits per heavy atom. The summed E-state index contributed by atoms with van der Waals surface area (Å²) in [4.78, 5) is 23.0. The molecule has 0 aliphatic carbocycles. The Kier molecular flexibility index (Phi) is 5.02. The van der Waals surface area contributed by atoms with Crippen LogP contribution in [0.2, 0.25) is 0 Å². The first-order valence-corrected chi connectivity index (χ1v) is 8.60. The molecule has 0 radical (unpaired) electrons. The number of likely N-dealkylation sites (tertiary alicyclic amines) is 1. The lowest BCUT2D eigenvalue weighted by molar-refractivity contribution is -0.140. The molecule has 0 spiro atoms. The smallest absolute Gasteiger partial charge is 0.252 e. The van der Waals surface area contributed by atoms with Gasteiger partial charge in [0, 0.05) is 17.6 Å². The Bertz CT molecular complexity index is 669. The van der Waals surface area contributed by atoms with Gasteiger partial charge < -0.3 is 14.2 Å². The summed E-state index contributed by atoms with van der Waals surface area (Å²) >= 11 is 1.62. The van der Waals surface area contributed by atoms with Crippen LogP contribution in [0.3, 0.4) is 0 Å². The molecular formula is C15H20N4O3S. The molecule has 8 heteroatoms. The molecule has 1 saturated heterocycles. The van der Waals surface area contributed by atoms with E-state index < -0.39 is 0 Å². The molecule has 1 aliphatic rings. The molecule has 1 amide bonds. The van der Waals surface area contributed by atoms with Gasteiger partial charge in [0.2, 0.25) is 5.91 Å². The highest BCUT2D eigenvalue weighted by atomic mass is 32.1. The Morgan fingerprint density at radius 2 is 2.30 bits per heavy atom. The maximum atomic E-state index is 12.5. The zero-order valence-electron chi connectivity index (χ0n) is 13.3. The van der Waals surface area contributed by atoms with Crippen molar-refractivity contribution >= 4 is 17.2 Å². The van der Waals surface area contributed by atoms with E-state index in [1.165, 1.54) is 0 Å². The van der Waals surface area contributed by atoms with Crippen molar-refractivity contribution in [2.75, 3.05) is 13.2 Å². The molecule has 0 unspecified atom stereocenters. The van der Waals surface area contributed by atoms with Crippen LogP contribution in [0.5, 0.6) is 0 Å². The summed E-state index contributed by atoms with van der Waals surface area (Å²) in [7, 11) is 0. The van der Waals surface area contributed by atoms with E-state index in [-0.39, 0.29) is 25.2 Å². The van der Waals surface area contributed by atoms with E-state index in [0.29, 0.717) is 11.7 Å². The number of hydrogen-bond acceptors (Lipinski definition) is 7. The Hall–Kier alpha value is -1.80. The van der Waals surface area contributed by atoms with Crippen LogP contribution < -0.4 is 0 Å². The van der Waals surface area contributed by atoms with E-state index in [9.17, 15) is 4.79 Å². The second kappa shape index (κ2) is 7.18. The van der Waals surface area contributed by atoms with Gasteiger partial charge in [0.05, 0.1) is 6.04 Å². The fraction of sp³-hybridized carbons (Fsp3) is 0.600. The van der Waals surface area contributed by atoms with Crippen molar-refractivity contribution in [1.82, 2.24) is 20.0 Å². The molecule has 0 bridgehead atoms. The molecule has 1 fully saturated rings. The number of amides is 1. The summed E-state index contributed by atoms with van der Waals surface area (Å²) in [6, 6.07) is 0.0733. The lowest BCUT2D eigenvalue weighted by atomic mass is 10.0. The molecule has 124 valence electrons. The van der Waals surface area contributed by atoms with Gasteiger partial charge in [-0.15, -0.1) is 11.3 Å². The van der Waals surface area contributed by atoms with Gasteiger partial charge in [-0.25, -0.2) is 4.98 Å². The van der Waals surface area contributed by atoms with Crippen molar-refractivity contribution in [2.24, 2.45) is 0 Å². The van der Waals surface area contributed by atoms with Crippen LogP contribution >= 0.6 is 11.3 Å². The maximum absolute atomic E-state index is 12.5. The largest absolute Gasteiger partial charge is 0.362 e. The number of ether oxygens (including phenoxy) is 1. The van der Waals surface area contributed by atoms with Gasteiger partial charge in [-0.05, 0) is 33.1 Å². The highest BCUT2D eigenvalue weighted by molar-refractivity contribution is 7.09. The van der Waals surface area contributed by atoms with Crippen LogP contribution in [-0.2, 0) is 16.1 Å². The number of nitrogens with zero attached hydrogens (tertiary/aromatic N) is 4. The first kappa shape index (κ1) is 16.1. The molecule has 0 aromatic carbocycles. The highest BCUT2D eigenvalue weighted by Crippen LogP contribution is 2.32. The third-order valence-corrected chi connectivity index (χ3v) is 4.83. The van der Waals surface area contributed by atoms with Crippen LogP contribution in [0.4, 0.5) is 0 Å². The average Bonchev–Trinajstić information content (AvgIpc) is 3.16. The third kappa shape index (κ3) is 3.94. The molecule has 2 aromatic rings. The molecule has 1 atom stereocenters. The molecule has 2 aromatic heterocycles. The molecule has 0 N–H and O–H groups in total. The number of piperidine rings is 1. The van der Waals surface area contributed by atoms with Gasteiger partial charge in [-0.3, -0.25) is 4.79 Å². The summed E-state index contributed by atoms with van der Waals surface area (Å²) < 4.78 is 10.4. The predicted octanol–water partition coefficient (Wildman–Crippen LogP) is 2.41. The second-order valence-corrected chi connectivity index (χ2v) is 6.54. The van der Waals surface area contributed by atoms with Crippen molar-refractivity contribution in [1.29, 1.82) is 0 Å². The van der Waals surface area contributed by atoms with Crippen molar-refractivity contribution in [3.63, 3.8) is 0 Å². The second-order valence-electron chi connectivity index (χ2n) is 5.65. The minimum atomic E-state index is -0.0150. The third-order valence-electron chi connectivity index (χ3n) is 3.77. The maximum Gasteiger partial charge on any atom is 0.252 e. The van der Waals surface area contributed by atoms with Gasteiger partial charge >= 0.3 is 0 Å². The Labute approximate surface area is 138 Å². The number of carbonyl (C=O) groups is 1. The predicted molar refractivity (Wildman–Crippen MR) is 83.8 cm³/mol. The zero-order valence-corrected chi connectivity index (χ0v) is 14.1. The molecule has 23 heavy (non-hydrogen) atoms. The van der Waals surface area contributed by atoms with Crippen molar-refractivity contribution in [3.05, 3.63) is 27.8 Å². The monoisotopic (exact) mass is 336 g/mol. The molecule has 0 saturated carbocycles. The number of aromatic nitrogens is 3. The highest BCUT2D eigenvalue weighted by Gasteiger charge is 2.29. The normalized spacial score (nSPS) is 18.3. The molecular weight excluding hydrogens is 316 g/mol. The van der Waals surface area contributed by atoms with Crippen LogP contribution in [0.25, 0.3) is 0 Å². The summed E-state index contributed by atoms with van der Waals surface area (Å²) in [5.74, 6) is 0.935. The van der Waals surface area contributed by atoms with Crippen molar-refractivity contribution in [2.45, 2.75) is 45.8 Å². The summed E-state index contributed by atoms with van der Waals surface area (Å²) in [5, 5.41) is 6.74. The van der Waals surface area contributed by atoms with Gasteiger partial charge in [0.15, 0.2) is 5.82 Å². The van der Waals surface area contributed by atoms with E-state index in [2.05, 4.69) is 15.1 Å². The van der Waals surface area contributed by atoms with E-state index >= 15 is 0 Å². The summed E-state index contributed by atoms with van der Waals surface area (Å²) in [6.45, 7) is 4.64. The average molecular weight is 336 g/mol.